The molecule has 17 heavy (non-hydrogen) atoms. The summed E-state index contributed by atoms with van der Waals surface area (Å²) >= 11 is 0. The lowest BCUT2D eigenvalue weighted by atomic mass is 9.93. The second kappa shape index (κ2) is 4.00. The number of nitrogens with zero attached hydrogens (tertiary/aromatic N) is 3. The van der Waals surface area contributed by atoms with Crippen molar-refractivity contribution in [3.05, 3.63) is 18.3 Å². The third-order valence-electron chi connectivity index (χ3n) is 3.51. The average molecular weight is 232 g/mol. The van der Waals surface area contributed by atoms with E-state index in [9.17, 15) is 5.11 Å². The van der Waals surface area contributed by atoms with Crippen LogP contribution >= 0.6 is 0 Å². The van der Waals surface area contributed by atoms with E-state index in [-0.39, 0.29) is 6.10 Å². The van der Waals surface area contributed by atoms with E-state index in [0.29, 0.717) is 12.0 Å². The lowest BCUT2D eigenvalue weighted by Crippen LogP contribution is -2.22. The molecule has 0 spiro atoms. The highest BCUT2D eigenvalue weighted by Crippen LogP contribution is 2.32. The summed E-state index contributed by atoms with van der Waals surface area (Å²) in [5.74, 6) is 0.528. The number of imidazole rings is 1. The minimum atomic E-state index is -0.157. The molecule has 3 N–H and O–H groups in total. The Balaban J connectivity index is 2.02. The van der Waals surface area contributed by atoms with Crippen molar-refractivity contribution in [2.45, 2.75) is 37.8 Å². The fourth-order valence-corrected chi connectivity index (χ4v) is 2.62. The van der Waals surface area contributed by atoms with Gasteiger partial charge in [-0.2, -0.15) is 0 Å². The van der Waals surface area contributed by atoms with E-state index in [1.54, 1.807) is 6.20 Å². The van der Waals surface area contributed by atoms with Crippen LogP contribution in [0.25, 0.3) is 11.2 Å². The van der Waals surface area contributed by atoms with E-state index in [2.05, 4.69) is 9.97 Å². The highest BCUT2D eigenvalue weighted by molar-refractivity contribution is 5.73. The first-order chi connectivity index (χ1) is 8.25. The van der Waals surface area contributed by atoms with Crippen LogP contribution in [0.15, 0.2) is 18.3 Å². The number of aliphatic hydroxyl groups is 1. The SMILES string of the molecule is Nc1nc2cccnc2n1C1CCC(O)CC1. The maximum atomic E-state index is 9.54. The Hall–Kier alpha value is -1.62. The normalized spacial score (nSPS) is 25.2. The van der Waals surface area contributed by atoms with E-state index in [1.807, 2.05) is 16.7 Å². The molecule has 1 aliphatic rings. The van der Waals surface area contributed by atoms with Gasteiger partial charge in [0.25, 0.3) is 0 Å². The Bertz CT molecular complexity index is 528. The molecule has 5 heteroatoms. The molecule has 1 saturated carbocycles. The average Bonchev–Trinajstić information content (AvgIpc) is 2.66. The summed E-state index contributed by atoms with van der Waals surface area (Å²) in [5.41, 5.74) is 7.66. The molecule has 5 nitrogen and oxygen atoms in total. The van der Waals surface area contributed by atoms with Crippen molar-refractivity contribution < 1.29 is 5.11 Å². The Kier molecular flexibility index (Phi) is 2.48. The molecule has 0 atom stereocenters. The summed E-state index contributed by atoms with van der Waals surface area (Å²) in [7, 11) is 0. The standard InChI is InChI=1S/C12H16N4O/c13-12-15-10-2-1-7-14-11(10)16(12)8-3-5-9(17)6-4-8/h1-2,7-9,17H,3-6H2,(H2,13,15). The molecule has 0 radical (unpaired) electrons. The van der Waals surface area contributed by atoms with Gasteiger partial charge in [-0.1, -0.05) is 0 Å². The molecule has 2 aromatic rings. The van der Waals surface area contributed by atoms with Gasteiger partial charge in [-0.3, -0.25) is 4.57 Å². The van der Waals surface area contributed by atoms with Crippen molar-refractivity contribution >= 4 is 17.1 Å². The second-order valence-electron chi connectivity index (χ2n) is 4.65. The van der Waals surface area contributed by atoms with Gasteiger partial charge in [0.2, 0.25) is 5.95 Å². The zero-order valence-corrected chi connectivity index (χ0v) is 9.58. The molecule has 2 aromatic heterocycles. The zero-order chi connectivity index (χ0) is 11.8. The van der Waals surface area contributed by atoms with Crippen LogP contribution in [0.2, 0.25) is 0 Å². The summed E-state index contributed by atoms with van der Waals surface area (Å²) in [4.78, 5) is 8.68. The summed E-state index contributed by atoms with van der Waals surface area (Å²) in [6, 6.07) is 4.11. The monoisotopic (exact) mass is 232 g/mol. The Morgan fingerprint density at radius 2 is 2.06 bits per heavy atom. The molecule has 1 fully saturated rings. The number of nitrogen functional groups attached to an aromatic ring is 1. The highest BCUT2D eigenvalue weighted by atomic mass is 16.3. The van der Waals surface area contributed by atoms with Crippen LogP contribution in [0, 0.1) is 0 Å². The van der Waals surface area contributed by atoms with Gasteiger partial charge in [-0.05, 0) is 37.8 Å². The fraction of sp³-hybridized carbons (Fsp3) is 0.500. The number of aliphatic hydroxyl groups excluding tert-OH is 1. The van der Waals surface area contributed by atoms with Crippen molar-refractivity contribution in [3.8, 4) is 0 Å². The summed E-state index contributed by atoms with van der Waals surface area (Å²) < 4.78 is 2.02. The van der Waals surface area contributed by atoms with Gasteiger partial charge in [0.05, 0.1) is 6.10 Å². The fourth-order valence-electron chi connectivity index (χ4n) is 2.62. The second-order valence-corrected chi connectivity index (χ2v) is 4.65. The minimum absolute atomic E-state index is 0.157. The molecule has 0 unspecified atom stereocenters. The molecule has 0 amide bonds. The van der Waals surface area contributed by atoms with Crippen molar-refractivity contribution in [2.24, 2.45) is 0 Å². The molecule has 0 bridgehead atoms. The predicted octanol–water partition coefficient (Wildman–Crippen LogP) is 1.49. The minimum Gasteiger partial charge on any atom is -0.393 e. The number of rotatable bonds is 1. The predicted molar refractivity (Wildman–Crippen MR) is 65.5 cm³/mol. The van der Waals surface area contributed by atoms with Crippen LogP contribution in [0.1, 0.15) is 31.7 Å². The molecule has 0 aromatic carbocycles. The van der Waals surface area contributed by atoms with Gasteiger partial charge in [0, 0.05) is 12.2 Å². The third-order valence-corrected chi connectivity index (χ3v) is 3.51. The number of anilines is 1. The maximum absolute atomic E-state index is 9.54. The number of aromatic nitrogens is 3. The topological polar surface area (TPSA) is 77.0 Å². The van der Waals surface area contributed by atoms with Crippen molar-refractivity contribution in [2.75, 3.05) is 5.73 Å². The Labute approximate surface area is 99.3 Å². The van der Waals surface area contributed by atoms with Crippen molar-refractivity contribution in [1.29, 1.82) is 0 Å². The van der Waals surface area contributed by atoms with Gasteiger partial charge in [-0.25, -0.2) is 9.97 Å². The smallest absolute Gasteiger partial charge is 0.202 e. The van der Waals surface area contributed by atoms with Crippen molar-refractivity contribution in [3.63, 3.8) is 0 Å². The van der Waals surface area contributed by atoms with Gasteiger partial charge >= 0.3 is 0 Å². The lowest BCUT2D eigenvalue weighted by molar-refractivity contribution is 0.112. The van der Waals surface area contributed by atoms with E-state index in [0.717, 1.165) is 36.8 Å². The highest BCUT2D eigenvalue weighted by Gasteiger charge is 2.24. The molecular weight excluding hydrogens is 216 g/mol. The third kappa shape index (κ3) is 1.76. The van der Waals surface area contributed by atoms with Gasteiger partial charge in [0.15, 0.2) is 5.65 Å². The molecule has 90 valence electrons. The molecule has 0 aliphatic heterocycles. The number of pyridine rings is 1. The summed E-state index contributed by atoms with van der Waals surface area (Å²) in [6.45, 7) is 0. The van der Waals surface area contributed by atoms with Crippen LogP contribution in [-0.4, -0.2) is 25.7 Å². The van der Waals surface area contributed by atoms with Crippen LogP contribution in [0.5, 0.6) is 0 Å². The molecule has 2 heterocycles. The van der Waals surface area contributed by atoms with Gasteiger partial charge < -0.3 is 10.8 Å². The van der Waals surface area contributed by atoms with Crippen LogP contribution in [-0.2, 0) is 0 Å². The summed E-state index contributed by atoms with van der Waals surface area (Å²) in [6.07, 6.45) is 5.14. The largest absolute Gasteiger partial charge is 0.393 e. The molecule has 1 aliphatic carbocycles. The number of hydrogen-bond donors (Lipinski definition) is 2. The first-order valence-electron chi connectivity index (χ1n) is 6.02. The maximum Gasteiger partial charge on any atom is 0.202 e. The first-order valence-corrected chi connectivity index (χ1v) is 6.02. The summed E-state index contributed by atoms with van der Waals surface area (Å²) in [5, 5.41) is 9.54. The van der Waals surface area contributed by atoms with E-state index in [1.165, 1.54) is 0 Å². The molecule has 0 saturated heterocycles. The van der Waals surface area contributed by atoms with E-state index >= 15 is 0 Å². The molecule has 3 rings (SSSR count). The Morgan fingerprint density at radius 1 is 1.29 bits per heavy atom. The van der Waals surface area contributed by atoms with Crippen LogP contribution < -0.4 is 5.73 Å². The quantitative estimate of drug-likeness (QED) is 0.781. The zero-order valence-electron chi connectivity index (χ0n) is 9.58. The number of fused-ring (bicyclic) bond motifs is 1. The number of nitrogens with two attached hydrogens (primary N) is 1. The van der Waals surface area contributed by atoms with Gasteiger partial charge in [-0.15, -0.1) is 0 Å². The number of hydrogen-bond acceptors (Lipinski definition) is 4. The van der Waals surface area contributed by atoms with Crippen LogP contribution in [0.4, 0.5) is 5.95 Å². The molecular formula is C12H16N4O. The van der Waals surface area contributed by atoms with E-state index < -0.39 is 0 Å². The van der Waals surface area contributed by atoms with Gasteiger partial charge in [0.1, 0.15) is 5.52 Å². The Morgan fingerprint density at radius 3 is 2.82 bits per heavy atom. The lowest BCUT2D eigenvalue weighted by Gasteiger charge is -2.27. The van der Waals surface area contributed by atoms with E-state index in [4.69, 9.17) is 5.73 Å². The first kappa shape index (κ1) is 10.5. The van der Waals surface area contributed by atoms with Crippen molar-refractivity contribution in [1.82, 2.24) is 14.5 Å². The van der Waals surface area contributed by atoms with Crippen LogP contribution in [0.3, 0.4) is 0 Å².